The average molecular weight is 419 g/mol. The summed E-state index contributed by atoms with van der Waals surface area (Å²) in [5.74, 6) is 1.15. The van der Waals surface area contributed by atoms with Crippen LogP contribution in [0.2, 0.25) is 0 Å². The van der Waals surface area contributed by atoms with Gasteiger partial charge in [-0.25, -0.2) is 4.79 Å². The molecule has 0 aliphatic carbocycles. The van der Waals surface area contributed by atoms with Crippen molar-refractivity contribution < 1.29 is 23.8 Å². The summed E-state index contributed by atoms with van der Waals surface area (Å²) in [7, 11) is 3.14. The van der Waals surface area contributed by atoms with Crippen molar-refractivity contribution in [3.63, 3.8) is 0 Å². The van der Waals surface area contributed by atoms with E-state index in [1.807, 2.05) is 60.7 Å². The third kappa shape index (κ3) is 5.63. The van der Waals surface area contributed by atoms with E-state index in [0.29, 0.717) is 30.0 Å². The van der Waals surface area contributed by atoms with Gasteiger partial charge in [-0.05, 0) is 40.8 Å². The maximum absolute atomic E-state index is 12.1. The van der Waals surface area contributed by atoms with Crippen molar-refractivity contribution in [1.29, 1.82) is 0 Å². The van der Waals surface area contributed by atoms with E-state index >= 15 is 0 Å². The first-order valence-electron chi connectivity index (χ1n) is 9.90. The Morgan fingerprint density at radius 1 is 0.903 bits per heavy atom. The summed E-state index contributed by atoms with van der Waals surface area (Å²) in [5, 5.41) is 2.77. The normalized spacial score (nSPS) is 10.3. The molecule has 0 aliphatic rings. The van der Waals surface area contributed by atoms with Crippen LogP contribution in [0.3, 0.4) is 0 Å². The molecule has 0 fully saturated rings. The molecule has 6 nitrogen and oxygen atoms in total. The average Bonchev–Trinajstić information content (AvgIpc) is 2.83. The minimum Gasteiger partial charge on any atom is -0.493 e. The second-order valence-electron chi connectivity index (χ2n) is 6.81. The molecule has 6 heteroatoms. The van der Waals surface area contributed by atoms with E-state index in [0.717, 1.165) is 28.5 Å². The minimum absolute atomic E-state index is 0.209. The highest BCUT2D eigenvalue weighted by molar-refractivity contribution is 5.89. The number of methoxy groups -OCH3 is 2. The summed E-state index contributed by atoms with van der Waals surface area (Å²) in [6.07, 6.45) is 0.859. The van der Waals surface area contributed by atoms with Crippen LogP contribution in [0.1, 0.15) is 21.5 Å². The first-order valence-corrected chi connectivity index (χ1v) is 9.90. The maximum Gasteiger partial charge on any atom is 0.407 e. The molecule has 3 aromatic rings. The largest absolute Gasteiger partial charge is 0.493 e. The summed E-state index contributed by atoms with van der Waals surface area (Å²) >= 11 is 0. The van der Waals surface area contributed by atoms with Gasteiger partial charge in [0.25, 0.3) is 0 Å². The monoisotopic (exact) mass is 419 g/mol. The zero-order chi connectivity index (χ0) is 22.1. The maximum atomic E-state index is 12.1. The van der Waals surface area contributed by atoms with E-state index < -0.39 is 6.09 Å². The molecule has 0 aliphatic heterocycles. The lowest BCUT2D eigenvalue weighted by atomic mass is 9.93. The Morgan fingerprint density at radius 3 is 2.29 bits per heavy atom. The fourth-order valence-corrected chi connectivity index (χ4v) is 3.30. The standard InChI is InChI=1S/C25H25NO5/c1-29-23-14-19(12-13-26-25(28)31-17-18-8-4-3-5-9-18)22(15-24(23)30-2)21-11-7-6-10-20(21)16-27/h3-11,14-16H,12-13,17H2,1-2H3,(H,26,28). The predicted octanol–water partition coefficient (Wildman–Crippen LogP) is 4.65. The molecule has 0 heterocycles. The van der Waals surface area contributed by atoms with Gasteiger partial charge in [-0.15, -0.1) is 0 Å². The zero-order valence-electron chi connectivity index (χ0n) is 17.6. The van der Waals surface area contributed by atoms with Crippen molar-refractivity contribution in [2.45, 2.75) is 13.0 Å². The van der Waals surface area contributed by atoms with Crippen molar-refractivity contribution in [2.75, 3.05) is 20.8 Å². The van der Waals surface area contributed by atoms with Crippen molar-refractivity contribution in [3.05, 3.63) is 83.4 Å². The molecule has 0 atom stereocenters. The number of carbonyl (C=O) groups is 2. The highest BCUT2D eigenvalue weighted by Gasteiger charge is 2.15. The molecule has 0 spiro atoms. The van der Waals surface area contributed by atoms with Crippen LogP contribution in [-0.4, -0.2) is 33.1 Å². The summed E-state index contributed by atoms with van der Waals surface area (Å²) in [5.41, 5.74) is 4.05. The quantitative estimate of drug-likeness (QED) is 0.511. The second-order valence-corrected chi connectivity index (χ2v) is 6.81. The van der Waals surface area contributed by atoms with Gasteiger partial charge >= 0.3 is 6.09 Å². The van der Waals surface area contributed by atoms with Crippen LogP contribution in [0, 0.1) is 0 Å². The van der Waals surface area contributed by atoms with E-state index in [4.69, 9.17) is 14.2 Å². The molecule has 1 amide bonds. The van der Waals surface area contributed by atoms with Crippen molar-refractivity contribution >= 4 is 12.4 Å². The van der Waals surface area contributed by atoms with E-state index in [9.17, 15) is 9.59 Å². The Labute approximate surface area is 181 Å². The predicted molar refractivity (Wildman–Crippen MR) is 119 cm³/mol. The Hall–Kier alpha value is -3.80. The molecule has 0 radical (unpaired) electrons. The molecule has 31 heavy (non-hydrogen) atoms. The van der Waals surface area contributed by atoms with E-state index in [-0.39, 0.29) is 6.61 Å². The first kappa shape index (κ1) is 21.9. The minimum atomic E-state index is -0.487. The van der Waals surface area contributed by atoms with Gasteiger partial charge in [0.2, 0.25) is 0 Å². The van der Waals surface area contributed by atoms with Gasteiger partial charge in [0, 0.05) is 12.1 Å². The fourth-order valence-electron chi connectivity index (χ4n) is 3.30. The Bertz CT molecular complexity index is 1030. The number of amides is 1. The number of hydrogen-bond donors (Lipinski definition) is 1. The highest BCUT2D eigenvalue weighted by Crippen LogP contribution is 2.37. The third-order valence-corrected chi connectivity index (χ3v) is 4.86. The molecule has 0 aromatic heterocycles. The van der Waals surface area contributed by atoms with Crippen LogP contribution >= 0.6 is 0 Å². The molecule has 1 N–H and O–H groups in total. The summed E-state index contributed by atoms with van der Waals surface area (Å²) < 4.78 is 16.1. The number of ether oxygens (including phenoxy) is 3. The molecule has 0 bridgehead atoms. The van der Waals surface area contributed by atoms with E-state index in [1.54, 1.807) is 20.3 Å². The van der Waals surface area contributed by atoms with Crippen molar-refractivity contribution in [1.82, 2.24) is 5.32 Å². The molecule has 3 rings (SSSR count). The Morgan fingerprint density at radius 2 is 1.58 bits per heavy atom. The van der Waals surface area contributed by atoms with Gasteiger partial charge in [0.05, 0.1) is 14.2 Å². The van der Waals surface area contributed by atoms with Gasteiger partial charge < -0.3 is 19.5 Å². The van der Waals surface area contributed by atoms with Crippen LogP contribution < -0.4 is 14.8 Å². The molecule has 3 aromatic carbocycles. The van der Waals surface area contributed by atoms with Gasteiger partial charge in [-0.1, -0.05) is 54.6 Å². The zero-order valence-corrected chi connectivity index (χ0v) is 17.6. The molecule has 160 valence electrons. The van der Waals surface area contributed by atoms with Crippen LogP contribution in [0.25, 0.3) is 11.1 Å². The lowest BCUT2D eigenvalue weighted by Gasteiger charge is -2.16. The smallest absolute Gasteiger partial charge is 0.407 e. The van der Waals surface area contributed by atoms with Crippen molar-refractivity contribution in [2.24, 2.45) is 0 Å². The molecular weight excluding hydrogens is 394 g/mol. The number of hydrogen-bond acceptors (Lipinski definition) is 5. The van der Waals surface area contributed by atoms with Crippen molar-refractivity contribution in [3.8, 4) is 22.6 Å². The van der Waals surface area contributed by atoms with Crippen LogP contribution in [0.5, 0.6) is 11.5 Å². The van der Waals surface area contributed by atoms with E-state index in [1.165, 1.54) is 0 Å². The number of rotatable bonds is 9. The Balaban J connectivity index is 1.75. The SMILES string of the molecule is COc1cc(CCNC(=O)OCc2ccccc2)c(-c2ccccc2C=O)cc1OC. The molecule has 0 saturated carbocycles. The van der Waals surface area contributed by atoms with Gasteiger partial charge in [0.15, 0.2) is 17.8 Å². The van der Waals surface area contributed by atoms with Crippen LogP contribution in [-0.2, 0) is 17.8 Å². The highest BCUT2D eigenvalue weighted by atomic mass is 16.5. The molecular formula is C25H25NO5. The first-order chi connectivity index (χ1) is 15.2. The number of benzene rings is 3. The molecule has 0 unspecified atom stereocenters. The lowest BCUT2D eigenvalue weighted by molar-refractivity contribution is 0.112. The third-order valence-electron chi connectivity index (χ3n) is 4.86. The van der Waals surface area contributed by atoms with Crippen LogP contribution in [0.4, 0.5) is 4.79 Å². The van der Waals surface area contributed by atoms with E-state index in [2.05, 4.69) is 5.32 Å². The molecule has 0 saturated heterocycles. The summed E-state index contributed by atoms with van der Waals surface area (Å²) in [6.45, 7) is 0.570. The van der Waals surface area contributed by atoms with Crippen LogP contribution in [0.15, 0.2) is 66.7 Å². The lowest BCUT2D eigenvalue weighted by Crippen LogP contribution is -2.26. The number of carbonyl (C=O) groups excluding carboxylic acids is 2. The topological polar surface area (TPSA) is 73.9 Å². The summed E-state index contributed by atoms with van der Waals surface area (Å²) in [6, 6.07) is 20.6. The number of aldehydes is 1. The number of nitrogens with one attached hydrogen (secondary N) is 1. The van der Waals surface area contributed by atoms with Gasteiger partial charge in [-0.3, -0.25) is 4.79 Å². The Kier molecular flexibility index (Phi) is 7.65. The fraction of sp³-hybridized carbons (Fsp3) is 0.200. The summed E-state index contributed by atoms with van der Waals surface area (Å²) in [4.78, 5) is 23.6. The second kappa shape index (κ2) is 10.8. The van der Waals surface area contributed by atoms with Gasteiger partial charge in [0.1, 0.15) is 6.61 Å². The number of alkyl carbamates (subject to hydrolysis) is 1. The van der Waals surface area contributed by atoms with Gasteiger partial charge in [-0.2, -0.15) is 0 Å².